The minimum Gasteiger partial charge on any atom is -0.479 e. The number of amides is 2. The van der Waals surface area contributed by atoms with Crippen molar-refractivity contribution in [2.45, 2.75) is 12.6 Å². The van der Waals surface area contributed by atoms with Crippen LogP contribution in [0.25, 0.3) is 0 Å². The van der Waals surface area contributed by atoms with E-state index in [2.05, 4.69) is 26.0 Å². The predicted octanol–water partition coefficient (Wildman–Crippen LogP) is -0.863. The van der Waals surface area contributed by atoms with Gasteiger partial charge < -0.3 is 15.7 Å². The van der Waals surface area contributed by atoms with Crippen molar-refractivity contribution in [3.8, 4) is 0 Å². The van der Waals surface area contributed by atoms with Gasteiger partial charge in [0.1, 0.15) is 0 Å². The number of aryl methyl sites for hydroxylation is 1. The molecular formula is C11H15N7O3. The number of aliphatic carboxylic acids is 1. The monoisotopic (exact) mass is 293 g/mol. The van der Waals surface area contributed by atoms with Crippen LogP contribution in [0.5, 0.6) is 0 Å². The third-order valence-corrected chi connectivity index (χ3v) is 2.68. The Morgan fingerprint density at radius 3 is 2.86 bits per heavy atom. The summed E-state index contributed by atoms with van der Waals surface area (Å²) in [6, 6.07) is -1.73. The zero-order valence-corrected chi connectivity index (χ0v) is 11.3. The molecule has 0 saturated heterocycles. The number of carbonyl (C=O) groups is 2. The Kier molecular flexibility index (Phi) is 4.49. The molecule has 0 radical (unpaired) electrons. The number of rotatable bonds is 6. The van der Waals surface area contributed by atoms with Gasteiger partial charge in [-0.25, -0.2) is 9.59 Å². The van der Waals surface area contributed by atoms with E-state index in [0.717, 1.165) is 0 Å². The smallest absolute Gasteiger partial charge is 0.331 e. The van der Waals surface area contributed by atoms with Crippen LogP contribution in [0.3, 0.4) is 0 Å². The fourth-order valence-corrected chi connectivity index (χ4v) is 1.69. The molecule has 2 amide bonds. The third kappa shape index (κ3) is 4.03. The number of hydrogen-bond acceptors (Lipinski definition) is 5. The van der Waals surface area contributed by atoms with Crippen LogP contribution in [0.4, 0.5) is 4.79 Å². The number of aromatic nitrogens is 5. The van der Waals surface area contributed by atoms with Gasteiger partial charge in [-0.2, -0.15) is 5.10 Å². The Balaban J connectivity index is 1.85. The molecule has 2 heterocycles. The molecule has 0 saturated carbocycles. The first-order valence-electron chi connectivity index (χ1n) is 6.16. The number of carboxylic acid groups (broad SMARTS) is 1. The van der Waals surface area contributed by atoms with Gasteiger partial charge in [0, 0.05) is 31.5 Å². The lowest BCUT2D eigenvalue weighted by Crippen LogP contribution is -2.41. The molecule has 0 aliphatic rings. The first kappa shape index (κ1) is 14.5. The standard InChI is InChI=1S/C11H15N7O3/c1-17-7-8(6-14-17)9(10(19)20)15-11(21)12-2-4-18-5-3-13-16-18/h3,5-7,9H,2,4H2,1H3,(H,19,20)(H2,12,15,21). The van der Waals surface area contributed by atoms with E-state index in [1.54, 1.807) is 17.9 Å². The van der Waals surface area contributed by atoms with Gasteiger partial charge in [0.05, 0.1) is 18.9 Å². The van der Waals surface area contributed by atoms with Crippen molar-refractivity contribution in [2.24, 2.45) is 7.05 Å². The van der Waals surface area contributed by atoms with E-state index in [9.17, 15) is 9.59 Å². The largest absolute Gasteiger partial charge is 0.479 e. The van der Waals surface area contributed by atoms with Crippen LogP contribution < -0.4 is 10.6 Å². The summed E-state index contributed by atoms with van der Waals surface area (Å²) < 4.78 is 3.02. The second-order valence-corrected chi connectivity index (χ2v) is 4.28. The lowest BCUT2D eigenvalue weighted by molar-refractivity contribution is -0.139. The lowest BCUT2D eigenvalue weighted by atomic mass is 10.1. The number of hydrogen-bond donors (Lipinski definition) is 3. The highest BCUT2D eigenvalue weighted by atomic mass is 16.4. The van der Waals surface area contributed by atoms with Gasteiger partial charge in [-0.3, -0.25) is 9.36 Å². The highest BCUT2D eigenvalue weighted by molar-refractivity contribution is 5.83. The van der Waals surface area contributed by atoms with Gasteiger partial charge in [-0.05, 0) is 0 Å². The highest BCUT2D eigenvalue weighted by Gasteiger charge is 2.23. The summed E-state index contributed by atoms with van der Waals surface area (Å²) in [5.74, 6) is -1.16. The van der Waals surface area contributed by atoms with Crippen LogP contribution >= 0.6 is 0 Å². The molecule has 0 aliphatic carbocycles. The number of nitrogens with zero attached hydrogens (tertiary/aromatic N) is 5. The quantitative estimate of drug-likeness (QED) is 0.636. The van der Waals surface area contributed by atoms with Crippen molar-refractivity contribution < 1.29 is 14.7 Å². The maximum atomic E-state index is 11.7. The van der Waals surface area contributed by atoms with Gasteiger partial charge in [0.2, 0.25) is 0 Å². The maximum Gasteiger partial charge on any atom is 0.331 e. The van der Waals surface area contributed by atoms with Crippen LogP contribution in [0.15, 0.2) is 24.8 Å². The van der Waals surface area contributed by atoms with Crippen LogP contribution in [-0.2, 0) is 18.4 Å². The Hall–Kier alpha value is -2.91. The Labute approximate surface area is 119 Å². The fourth-order valence-electron chi connectivity index (χ4n) is 1.69. The Morgan fingerprint density at radius 2 is 2.29 bits per heavy atom. The SMILES string of the molecule is Cn1cc(C(NC(=O)NCCn2ccnn2)C(=O)O)cn1. The third-order valence-electron chi connectivity index (χ3n) is 2.68. The summed E-state index contributed by atoms with van der Waals surface area (Å²) in [6.07, 6.45) is 6.13. The van der Waals surface area contributed by atoms with Crippen LogP contribution in [0, 0.1) is 0 Å². The topological polar surface area (TPSA) is 127 Å². The molecule has 10 nitrogen and oxygen atoms in total. The van der Waals surface area contributed by atoms with E-state index in [-0.39, 0.29) is 0 Å². The van der Waals surface area contributed by atoms with E-state index >= 15 is 0 Å². The average Bonchev–Trinajstić information content (AvgIpc) is 3.07. The molecule has 21 heavy (non-hydrogen) atoms. The van der Waals surface area contributed by atoms with Crippen LogP contribution in [0.2, 0.25) is 0 Å². The van der Waals surface area contributed by atoms with E-state index < -0.39 is 18.0 Å². The molecule has 112 valence electrons. The molecule has 2 aromatic heterocycles. The summed E-state index contributed by atoms with van der Waals surface area (Å²) in [5.41, 5.74) is 0.399. The van der Waals surface area contributed by atoms with Gasteiger partial charge in [-0.15, -0.1) is 5.10 Å². The minimum absolute atomic E-state index is 0.300. The van der Waals surface area contributed by atoms with Crippen LogP contribution in [-0.4, -0.2) is 48.4 Å². The van der Waals surface area contributed by atoms with E-state index in [1.807, 2.05) is 0 Å². The summed E-state index contributed by atoms with van der Waals surface area (Å²) in [7, 11) is 1.67. The summed E-state index contributed by atoms with van der Waals surface area (Å²) in [5, 5.41) is 25.3. The average molecular weight is 293 g/mol. The second-order valence-electron chi connectivity index (χ2n) is 4.28. The summed E-state index contributed by atoms with van der Waals surface area (Å²) in [4.78, 5) is 22.9. The highest BCUT2D eigenvalue weighted by Crippen LogP contribution is 2.11. The summed E-state index contributed by atoms with van der Waals surface area (Å²) >= 11 is 0. The van der Waals surface area contributed by atoms with Crippen molar-refractivity contribution in [2.75, 3.05) is 6.54 Å². The van der Waals surface area contributed by atoms with Gasteiger partial charge in [-0.1, -0.05) is 5.21 Å². The number of carboxylic acids is 1. The Morgan fingerprint density at radius 1 is 1.48 bits per heavy atom. The number of urea groups is 1. The molecule has 3 N–H and O–H groups in total. The van der Waals surface area contributed by atoms with E-state index in [0.29, 0.717) is 18.7 Å². The first-order valence-corrected chi connectivity index (χ1v) is 6.16. The Bertz CT molecular complexity index is 607. The van der Waals surface area contributed by atoms with Gasteiger partial charge in [0.15, 0.2) is 6.04 Å². The predicted molar refractivity (Wildman–Crippen MR) is 70.1 cm³/mol. The minimum atomic E-state index is -1.16. The molecule has 1 atom stereocenters. The molecule has 1 unspecified atom stereocenters. The van der Waals surface area contributed by atoms with E-state index in [1.165, 1.54) is 23.3 Å². The molecule has 10 heteroatoms. The van der Waals surface area contributed by atoms with Crippen molar-refractivity contribution in [3.63, 3.8) is 0 Å². The molecule has 0 bridgehead atoms. The number of nitrogens with one attached hydrogen (secondary N) is 2. The maximum absolute atomic E-state index is 11.7. The fraction of sp³-hybridized carbons (Fsp3) is 0.364. The molecule has 0 spiro atoms. The van der Waals surface area contributed by atoms with Gasteiger partial charge in [0.25, 0.3) is 0 Å². The normalized spacial score (nSPS) is 11.9. The molecular weight excluding hydrogens is 278 g/mol. The van der Waals surface area contributed by atoms with Crippen molar-refractivity contribution in [1.29, 1.82) is 0 Å². The van der Waals surface area contributed by atoms with Gasteiger partial charge >= 0.3 is 12.0 Å². The molecule has 0 aliphatic heterocycles. The lowest BCUT2D eigenvalue weighted by Gasteiger charge is -2.13. The molecule has 2 aromatic rings. The molecule has 0 fully saturated rings. The van der Waals surface area contributed by atoms with Crippen molar-refractivity contribution in [1.82, 2.24) is 35.4 Å². The first-order chi connectivity index (χ1) is 10.1. The van der Waals surface area contributed by atoms with Crippen LogP contribution in [0.1, 0.15) is 11.6 Å². The zero-order valence-electron chi connectivity index (χ0n) is 11.3. The molecule has 0 aromatic carbocycles. The number of carbonyl (C=O) groups excluding carboxylic acids is 1. The van der Waals surface area contributed by atoms with Crippen molar-refractivity contribution >= 4 is 12.0 Å². The second kappa shape index (κ2) is 6.50. The van der Waals surface area contributed by atoms with Crippen molar-refractivity contribution in [3.05, 3.63) is 30.4 Å². The zero-order chi connectivity index (χ0) is 15.2. The van der Waals surface area contributed by atoms with E-state index in [4.69, 9.17) is 5.11 Å². The molecule has 2 rings (SSSR count). The summed E-state index contributed by atoms with van der Waals surface area (Å²) in [6.45, 7) is 0.743.